The van der Waals surface area contributed by atoms with Crippen LogP contribution in [0.15, 0.2) is 12.1 Å². The van der Waals surface area contributed by atoms with Gasteiger partial charge in [0, 0.05) is 36.6 Å². The third-order valence-corrected chi connectivity index (χ3v) is 3.68. The van der Waals surface area contributed by atoms with Crippen LogP contribution in [0.4, 0.5) is 0 Å². The number of carbonyl (C=O) groups is 1. The molecule has 2 atom stereocenters. The first-order chi connectivity index (χ1) is 10.5. The summed E-state index contributed by atoms with van der Waals surface area (Å²) < 4.78 is 11.5. The number of halogens is 1. The van der Waals surface area contributed by atoms with E-state index in [9.17, 15) is 4.79 Å². The summed E-state index contributed by atoms with van der Waals surface area (Å²) >= 11 is 0. The van der Waals surface area contributed by atoms with Gasteiger partial charge in [-0.1, -0.05) is 0 Å². The Bertz CT molecular complexity index is 535. The number of fused-ring (bicyclic) bond motifs is 1. The molecule has 0 fully saturated rings. The molecule has 0 aliphatic carbocycles. The Morgan fingerprint density at radius 1 is 1.52 bits per heavy atom. The van der Waals surface area contributed by atoms with Gasteiger partial charge in [0.05, 0.1) is 6.61 Å². The molecule has 0 spiro atoms. The number of hydrogen-bond acceptors (Lipinski definition) is 4. The van der Waals surface area contributed by atoms with E-state index in [4.69, 9.17) is 15.2 Å². The molecule has 23 heavy (non-hydrogen) atoms. The summed E-state index contributed by atoms with van der Waals surface area (Å²) in [6.07, 6.45) is 2.23. The standard InChI is InChI=1S/C17H26N2O3.ClH/c1-4-21-15-8-13-7-12(3)22-16(13)9-14(15)10-19-17(20)6-5-11(2)18;/h8-9,11-12H,4-7,10,18H2,1-3H3,(H,19,20);1H. The Morgan fingerprint density at radius 3 is 2.91 bits per heavy atom. The van der Waals surface area contributed by atoms with Crippen LogP contribution in [0.3, 0.4) is 0 Å². The fraction of sp³-hybridized carbons (Fsp3) is 0.588. The molecule has 3 N–H and O–H groups in total. The van der Waals surface area contributed by atoms with Gasteiger partial charge in [-0.3, -0.25) is 4.79 Å². The predicted molar refractivity (Wildman–Crippen MR) is 93.4 cm³/mol. The maximum Gasteiger partial charge on any atom is 0.220 e. The van der Waals surface area contributed by atoms with Gasteiger partial charge in [0.2, 0.25) is 5.91 Å². The normalized spacial score (nSPS) is 16.8. The summed E-state index contributed by atoms with van der Waals surface area (Å²) in [5.74, 6) is 1.73. The van der Waals surface area contributed by atoms with Gasteiger partial charge in [-0.15, -0.1) is 12.4 Å². The lowest BCUT2D eigenvalue weighted by molar-refractivity contribution is -0.121. The number of carbonyl (C=O) groups excluding carboxylic acids is 1. The number of benzene rings is 1. The van der Waals surface area contributed by atoms with Crippen molar-refractivity contribution in [1.29, 1.82) is 0 Å². The minimum absolute atomic E-state index is 0. The summed E-state index contributed by atoms with van der Waals surface area (Å²) in [6.45, 7) is 6.95. The second-order valence-corrected chi connectivity index (χ2v) is 5.93. The highest BCUT2D eigenvalue weighted by molar-refractivity contribution is 5.85. The van der Waals surface area contributed by atoms with E-state index >= 15 is 0 Å². The third-order valence-electron chi connectivity index (χ3n) is 3.68. The molecule has 0 radical (unpaired) electrons. The number of ether oxygens (including phenoxy) is 2. The van der Waals surface area contributed by atoms with Gasteiger partial charge in [-0.05, 0) is 39.3 Å². The highest BCUT2D eigenvalue weighted by Gasteiger charge is 2.22. The lowest BCUT2D eigenvalue weighted by atomic mass is 10.1. The van der Waals surface area contributed by atoms with E-state index in [1.807, 2.05) is 26.0 Å². The van der Waals surface area contributed by atoms with Crippen LogP contribution in [-0.2, 0) is 17.8 Å². The number of nitrogens with two attached hydrogens (primary N) is 1. The van der Waals surface area contributed by atoms with Crippen LogP contribution in [0, 0.1) is 0 Å². The molecule has 0 bridgehead atoms. The van der Waals surface area contributed by atoms with E-state index in [1.54, 1.807) is 0 Å². The molecular formula is C17H27ClN2O3. The maximum absolute atomic E-state index is 11.8. The summed E-state index contributed by atoms with van der Waals surface area (Å²) in [7, 11) is 0. The van der Waals surface area contributed by atoms with Crippen molar-refractivity contribution in [2.75, 3.05) is 6.61 Å². The lowest BCUT2D eigenvalue weighted by Crippen LogP contribution is -2.25. The van der Waals surface area contributed by atoms with Crippen molar-refractivity contribution in [3.63, 3.8) is 0 Å². The van der Waals surface area contributed by atoms with Gasteiger partial charge in [0.1, 0.15) is 17.6 Å². The van der Waals surface area contributed by atoms with E-state index in [2.05, 4.69) is 12.2 Å². The monoisotopic (exact) mass is 342 g/mol. The second kappa shape index (κ2) is 8.99. The fourth-order valence-corrected chi connectivity index (χ4v) is 2.55. The molecule has 1 aromatic carbocycles. The zero-order valence-electron chi connectivity index (χ0n) is 14.1. The minimum atomic E-state index is 0. The molecule has 2 rings (SSSR count). The lowest BCUT2D eigenvalue weighted by Gasteiger charge is -2.13. The minimum Gasteiger partial charge on any atom is -0.494 e. The van der Waals surface area contributed by atoms with Crippen LogP contribution in [0.1, 0.15) is 44.7 Å². The predicted octanol–water partition coefficient (Wildman–Crippen LogP) is 2.57. The van der Waals surface area contributed by atoms with E-state index in [-0.39, 0.29) is 30.5 Å². The summed E-state index contributed by atoms with van der Waals surface area (Å²) in [4.78, 5) is 11.8. The molecule has 0 saturated heterocycles. The largest absolute Gasteiger partial charge is 0.494 e. The van der Waals surface area contributed by atoms with Gasteiger partial charge in [0.25, 0.3) is 0 Å². The Kier molecular flexibility index (Phi) is 7.65. The van der Waals surface area contributed by atoms with Crippen molar-refractivity contribution < 1.29 is 14.3 Å². The molecule has 0 saturated carbocycles. The van der Waals surface area contributed by atoms with Crippen LogP contribution in [0.5, 0.6) is 11.5 Å². The number of rotatable bonds is 7. The van der Waals surface area contributed by atoms with E-state index in [0.717, 1.165) is 23.5 Å². The second-order valence-electron chi connectivity index (χ2n) is 5.93. The maximum atomic E-state index is 11.8. The fourth-order valence-electron chi connectivity index (χ4n) is 2.55. The van der Waals surface area contributed by atoms with E-state index < -0.39 is 0 Å². The Balaban J connectivity index is 0.00000264. The van der Waals surface area contributed by atoms with Crippen molar-refractivity contribution in [2.45, 2.75) is 58.7 Å². The zero-order chi connectivity index (χ0) is 16.1. The first-order valence-electron chi connectivity index (χ1n) is 7.97. The molecule has 1 heterocycles. The van der Waals surface area contributed by atoms with Crippen molar-refractivity contribution in [3.8, 4) is 11.5 Å². The molecule has 1 aliphatic heterocycles. The van der Waals surface area contributed by atoms with Crippen LogP contribution in [-0.4, -0.2) is 24.7 Å². The first-order valence-corrected chi connectivity index (χ1v) is 7.97. The molecule has 6 heteroatoms. The quantitative estimate of drug-likeness (QED) is 0.798. The van der Waals surface area contributed by atoms with Crippen LogP contribution >= 0.6 is 12.4 Å². The highest BCUT2D eigenvalue weighted by atomic mass is 35.5. The molecule has 0 aromatic heterocycles. The van der Waals surface area contributed by atoms with Crippen LogP contribution < -0.4 is 20.5 Å². The van der Waals surface area contributed by atoms with Crippen molar-refractivity contribution in [2.24, 2.45) is 5.73 Å². The molecule has 2 unspecified atom stereocenters. The topological polar surface area (TPSA) is 73.6 Å². The van der Waals surface area contributed by atoms with Crippen molar-refractivity contribution >= 4 is 18.3 Å². The molecule has 130 valence electrons. The number of nitrogens with one attached hydrogen (secondary N) is 1. The third kappa shape index (κ3) is 5.59. The average Bonchev–Trinajstić information content (AvgIpc) is 2.82. The van der Waals surface area contributed by atoms with Gasteiger partial charge >= 0.3 is 0 Å². The Hall–Kier alpha value is -1.46. The summed E-state index contributed by atoms with van der Waals surface area (Å²) in [6, 6.07) is 4.06. The van der Waals surface area contributed by atoms with Gasteiger partial charge < -0.3 is 20.5 Å². The van der Waals surface area contributed by atoms with Gasteiger partial charge in [-0.2, -0.15) is 0 Å². The molecule has 1 aliphatic rings. The van der Waals surface area contributed by atoms with Crippen LogP contribution in [0.2, 0.25) is 0 Å². The molecule has 1 aromatic rings. The van der Waals surface area contributed by atoms with E-state index in [0.29, 0.717) is 26.0 Å². The highest BCUT2D eigenvalue weighted by Crippen LogP contribution is 2.35. The van der Waals surface area contributed by atoms with Crippen molar-refractivity contribution in [3.05, 3.63) is 23.3 Å². The summed E-state index contributed by atoms with van der Waals surface area (Å²) in [5.41, 5.74) is 7.79. The van der Waals surface area contributed by atoms with Gasteiger partial charge in [0.15, 0.2) is 0 Å². The molecule has 5 nitrogen and oxygen atoms in total. The Morgan fingerprint density at radius 2 is 2.26 bits per heavy atom. The Labute approximate surface area is 144 Å². The van der Waals surface area contributed by atoms with E-state index in [1.165, 1.54) is 5.56 Å². The average molecular weight is 343 g/mol. The van der Waals surface area contributed by atoms with Crippen molar-refractivity contribution in [1.82, 2.24) is 5.32 Å². The summed E-state index contributed by atoms with van der Waals surface area (Å²) in [5, 5.41) is 2.93. The number of amides is 1. The molecular weight excluding hydrogens is 316 g/mol. The first kappa shape index (κ1) is 19.6. The zero-order valence-corrected chi connectivity index (χ0v) is 14.9. The smallest absolute Gasteiger partial charge is 0.220 e. The SMILES string of the molecule is CCOc1cc2c(cc1CNC(=O)CCC(C)N)OC(C)C2.Cl. The van der Waals surface area contributed by atoms with Gasteiger partial charge in [-0.25, -0.2) is 0 Å². The number of hydrogen-bond donors (Lipinski definition) is 2. The van der Waals surface area contributed by atoms with Crippen LogP contribution in [0.25, 0.3) is 0 Å². The molecule has 1 amide bonds.